The summed E-state index contributed by atoms with van der Waals surface area (Å²) < 4.78 is 33.0. The van der Waals surface area contributed by atoms with E-state index in [4.69, 9.17) is 29.4 Å². The van der Waals surface area contributed by atoms with Gasteiger partial charge in [-0.15, -0.1) is 0 Å². The molecule has 1 unspecified atom stereocenters. The molecule has 0 saturated heterocycles. The molecule has 296 valence electrons. The number of rotatable bonds is 38. The molecule has 0 heterocycles. The number of phosphoric ester groups is 1. The van der Waals surface area contributed by atoms with Crippen LogP contribution in [0.4, 0.5) is 0 Å². The van der Waals surface area contributed by atoms with Crippen LogP contribution < -0.4 is 5.73 Å². The van der Waals surface area contributed by atoms with Gasteiger partial charge in [0, 0.05) is 19.6 Å². The first-order valence-electron chi connectivity index (χ1n) is 19.9. The summed E-state index contributed by atoms with van der Waals surface area (Å²) in [7, 11) is -4.31. The van der Waals surface area contributed by atoms with Crippen LogP contribution in [0.5, 0.6) is 0 Å². The van der Waals surface area contributed by atoms with Gasteiger partial charge in [-0.2, -0.15) is 0 Å². The summed E-state index contributed by atoms with van der Waals surface area (Å²) in [5, 5.41) is 8.78. The van der Waals surface area contributed by atoms with Crippen LogP contribution in [0.3, 0.4) is 0 Å². The molecule has 4 N–H and O–H groups in total. The Labute approximate surface area is 311 Å². The molecule has 0 aromatic carbocycles. The molecular formula is C41H74NO8P. The van der Waals surface area contributed by atoms with Crippen molar-refractivity contribution in [1.29, 1.82) is 0 Å². The van der Waals surface area contributed by atoms with Gasteiger partial charge in [-0.1, -0.05) is 133 Å². The average Bonchev–Trinajstić information content (AvgIpc) is 3.12. The summed E-state index contributed by atoms with van der Waals surface area (Å²) >= 11 is 0. The molecule has 0 aliphatic heterocycles. The van der Waals surface area contributed by atoms with Crippen LogP contribution in [0.15, 0.2) is 60.9 Å². The second-order valence-corrected chi connectivity index (χ2v) is 14.4. The maximum atomic E-state index is 12.5. The zero-order chi connectivity index (χ0) is 37.4. The Morgan fingerprint density at radius 1 is 0.647 bits per heavy atom. The number of carbonyl (C=O) groups is 1. The summed E-state index contributed by atoms with van der Waals surface area (Å²) in [6, 6.07) is 0. The number of hydrogen-bond donors (Lipinski definition) is 3. The molecule has 0 radical (unpaired) electrons. The van der Waals surface area contributed by atoms with Crippen molar-refractivity contribution >= 4 is 13.8 Å². The van der Waals surface area contributed by atoms with Gasteiger partial charge in [0.2, 0.25) is 0 Å². The van der Waals surface area contributed by atoms with Crippen molar-refractivity contribution in [2.75, 3.05) is 33.0 Å². The zero-order valence-corrected chi connectivity index (χ0v) is 32.9. The molecular weight excluding hydrogens is 665 g/mol. The molecule has 0 saturated carbocycles. The lowest BCUT2D eigenvalue weighted by atomic mass is 10.0. The van der Waals surface area contributed by atoms with Crippen molar-refractivity contribution in [2.45, 2.75) is 161 Å². The van der Waals surface area contributed by atoms with E-state index in [1.54, 1.807) is 6.26 Å². The lowest BCUT2D eigenvalue weighted by Crippen LogP contribution is -2.27. The molecule has 0 fully saturated rings. The predicted molar refractivity (Wildman–Crippen MR) is 211 cm³/mol. The molecule has 0 aromatic heterocycles. The molecule has 0 aliphatic rings. The maximum Gasteiger partial charge on any atom is 0.472 e. The molecule has 51 heavy (non-hydrogen) atoms. The number of nitrogens with two attached hydrogens (primary N) is 1. The number of unbranched alkanes of at least 4 members (excludes halogenated alkanes) is 16. The highest BCUT2D eigenvalue weighted by atomic mass is 31.2. The van der Waals surface area contributed by atoms with Crippen molar-refractivity contribution in [3.05, 3.63) is 60.9 Å². The van der Waals surface area contributed by atoms with Crippen LogP contribution in [-0.4, -0.2) is 55.0 Å². The Morgan fingerprint density at radius 3 is 1.69 bits per heavy atom. The molecule has 0 aromatic rings. The number of aliphatic hydroxyl groups is 1. The zero-order valence-electron chi connectivity index (χ0n) is 32.0. The third-order valence-electron chi connectivity index (χ3n) is 8.06. The van der Waals surface area contributed by atoms with E-state index in [1.807, 2.05) is 6.08 Å². The highest BCUT2D eigenvalue weighted by molar-refractivity contribution is 7.47. The van der Waals surface area contributed by atoms with Crippen LogP contribution in [-0.2, 0) is 27.9 Å². The van der Waals surface area contributed by atoms with Crippen molar-refractivity contribution < 1.29 is 37.9 Å². The van der Waals surface area contributed by atoms with E-state index in [-0.39, 0.29) is 39.4 Å². The lowest BCUT2D eigenvalue weighted by molar-refractivity contribution is -0.153. The smallest absolute Gasteiger partial charge is 0.472 e. The van der Waals surface area contributed by atoms with Gasteiger partial charge in [0.15, 0.2) is 6.10 Å². The minimum Gasteiger partial charge on any atom is -0.498 e. The Kier molecular flexibility index (Phi) is 37.7. The first-order chi connectivity index (χ1) is 24.9. The highest BCUT2D eigenvalue weighted by Gasteiger charge is 2.25. The van der Waals surface area contributed by atoms with Gasteiger partial charge in [-0.05, 0) is 70.3 Å². The fourth-order valence-corrected chi connectivity index (χ4v) is 5.87. The first kappa shape index (κ1) is 49.0. The Bertz CT molecular complexity index is 965. The lowest BCUT2D eigenvalue weighted by Gasteiger charge is -2.19. The van der Waals surface area contributed by atoms with E-state index in [0.29, 0.717) is 6.42 Å². The number of esters is 1. The van der Waals surface area contributed by atoms with Crippen LogP contribution in [0, 0.1) is 0 Å². The predicted octanol–water partition coefficient (Wildman–Crippen LogP) is 10.7. The molecule has 0 aliphatic carbocycles. The normalized spacial score (nSPS) is 14.1. The fraction of sp³-hybridized carbons (Fsp3) is 0.732. The number of allylic oxidation sites excluding steroid dienone is 9. The summed E-state index contributed by atoms with van der Waals surface area (Å²) in [5.74, 6) is -0.417. The van der Waals surface area contributed by atoms with Crippen molar-refractivity contribution in [3.8, 4) is 0 Å². The summed E-state index contributed by atoms with van der Waals surface area (Å²) in [6.07, 6.45) is 44.9. The van der Waals surface area contributed by atoms with Crippen LogP contribution >= 0.6 is 7.82 Å². The molecule has 10 heteroatoms. The maximum absolute atomic E-state index is 12.5. The Hall–Kier alpha value is -2.00. The van der Waals surface area contributed by atoms with Gasteiger partial charge in [0.1, 0.15) is 6.61 Å². The number of carbonyl (C=O) groups excluding carboxylic acids is 1. The Balaban J connectivity index is 4.24. The van der Waals surface area contributed by atoms with Crippen molar-refractivity contribution in [1.82, 2.24) is 0 Å². The number of aliphatic hydroxyl groups excluding tert-OH is 1. The molecule has 2 atom stereocenters. The van der Waals surface area contributed by atoms with E-state index < -0.39 is 19.9 Å². The van der Waals surface area contributed by atoms with Crippen LogP contribution in [0.25, 0.3) is 0 Å². The molecule has 0 rings (SSSR count). The monoisotopic (exact) mass is 740 g/mol. The van der Waals surface area contributed by atoms with E-state index in [9.17, 15) is 14.3 Å². The Morgan fingerprint density at radius 2 is 1.14 bits per heavy atom. The molecule has 0 amide bonds. The second kappa shape index (κ2) is 39.2. The van der Waals surface area contributed by atoms with Crippen molar-refractivity contribution in [2.24, 2.45) is 5.73 Å². The standard InChI is InChI=1S/C41H74NO8P/c1-2-3-4-5-6-7-8-9-17-20-23-26-29-32-36-47-38-40(39-49-51(45,46)48-37-34-42)50-41(44)33-30-27-24-21-18-15-13-11-10-12-14-16-19-22-25-28-31-35-43/h10,12-13,15-16,19,21,24,32,36,40,43H,2-9,11,14,17-18,20,22-23,25-31,33-35,37-39,42H2,1H3,(H,45,46)/b12-10-,15-13-,19-16-,24-21-,36-32+/t40-/m1/s1. The quantitative estimate of drug-likeness (QED) is 0.0186. The number of hydrogen-bond acceptors (Lipinski definition) is 8. The van der Waals surface area contributed by atoms with Gasteiger partial charge < -0.3 is 25.2 Å². The van der Waals surface area contributed by atoms with Gasteiger partial charge in [-0.25, -0.2) is 4.57 Å². The minimum atomic E-state index is -4.31. The molecule has 0 spiro atoms. The van der Waals surface area contributed by atoms with Crippen molar-refractivity contribution in [3.63, 3.8) is 0 Å². The summed E-state index contributed by atoms with van der Waals surface area (Å²) in [6.45, 7) is 2.16. The van der Waals surface area contributed by atoms with Crippen LogP contribution in [0.1, 0.15) is 155 Å². The van der Waals surface area contributed by atoms with E-state index in [1.165, 1.54) is 70.6 Å². The second-order valence-electron chi connectivity index (χ2n) is 12.9. The topological polar surface area (TPSA) is 138 Å². The largest absolute Gasteiger partial charge is 0.498 e. The average molecular weight is 740 g/mol. The molecule has 9 nitrogen and oxygen atoms in total. The van der Waals surface area contributed by atoms with E-state index in [0.717, 1.165) is 64.2 Å². The highest BCUT2D eigenvalue weighted by Crippen LogP contribution is 2.43. The van der Waals surface area contributed by atoms with Gasteiger partial charge in [0.05, 0.1) is 19.5 Å². The number of phosphoric acid groups is 1. The van der Waals surface area contributed by atoms with E-state index in [2.05, 4.69) is 55.5 Å². The SMILES string of the molecule is CCCCCCCCCCCCCC/C=C/OC[C@H](COP(=O)(O)OCCN)OC(=O)CCC/C=C\C/C=C\C/C=C\C/C=C\CCCCCO. The van der Waals surface area contributed by atoms with E-state index >= 15 is 0 Å². The van der Waals surface area contributed by atoms with Gasteiger partial charge in [-0.3, -0.25) is 13.8 Å². The fourth-order valence-electron chi connectivity index (χ4n) is 5.11. The third-order valence-corrected chi connectivity index (χ3v) is 9.04. The van der Waals surface area contributed by atoms with Gasteiger partial charge in [0.25, 0.3) is 0 Å². The minimum absolute atomic E-state index is 0.00181. The van der Waals surface area contributed by atoms with Gasteiger partial charge >= 0.3 is 13.8 Å². The summed E-state index contributed by atoms with van der Waals surface area (Å²) in [5.41, 5.74) is 5.34. The number of ether oxygens (including phenoxy) is 2. The van der Waals surface area contributed by atoms with Crippen LogP contribution in [0.2, 0.25) is 0 Å². The first-order valence-corrected chi connectivity index (χ1v) is 21.4. The summed E-state index contributed by atoms with van der Waals surface area (Å²) in [4.78, 5) is 22.4. The molecule has 0 bridgehead atoms. The third kappa shape index (κ3) is 39.0.